The highest BCUT2D eigenvalue weighted by molar-refractivity contribution is 5.73. The molecule has 2 aliphatic heterocycles. The lowest BCUT2D eigenvalue weighted by Crippen LogP contribution is -2.54. The van der Waals surface area contributed by atoms with Gasteiger partial charge in [-0.15, -0.1) is 0 Å². The number of nitrogens with one attached hydrogen (secondary N) is 1. The van der Waals surface area contributed by atoms with Gasteiger partial charge < -0.3 is 19.7 Å². The number of aliphatic hydroxyl groups is 1. The largest absolute Gasteiger partial charge is 0.388 e. The highest BCUT2D eigenvalue weighted by Crippen LogP contribution is 2.29. The van der Waals surface area contributed by atoms with Gasteiger partial charge in [-0.05, 0) is 19.8 Å². The van der Waals surface area contributed by atoms with Crippen LogP contribution in [-0.2, 0) is 9.53 Å². The summed E-state index contributed by atoms with van der Waals surface area (Å²) in [6.45, 7) is 7.45. The summed E-state index contributed by atoms with van der Waals surface area (Å²) in [7, 11) is 0. The maximum atomic E-state index is 11.4. The van der Waals surface area contributed by atoms with Crippen molar-refractivity contribution in [2.75, 3.05) is 39.4 Å². The van der Waals surface area contributed by atoms with E-state index >= 15 is 0 Å². The monoisotopic (exact) mass is 322 g/mol. The molecule has 3 heterocycles. The molecular weight excluding hydrogens is 296 g/mol. The molecule has 0 saturated carbocycles. The van der Waals surface area contributed by atoms with Crippen LogP contribution in [0.3, 0.4) is 0 Å². The van der Waals surface area contributed by atoms with Crippen molar-refractivity contribution in [3.8, 4) is 0 Å². The van der Waals surface area contributed by atoms with Crippen molar-refractivity contribution in [3.05, 3.63) is 17.7 Å². The Morgan fingerprint density at radius 3 is 2.83 bits per heavy atom. The SMILES string of the molecule is CC(=O)N1CCC(O)(CN2CCOC[C@H]2c2ncc(C)[nH]2)CC1. The topological polar surface area (TPSA) is 81.7 Å². The third-order valence-corrected chi connectivity index (χ3v) is 4.91. The number of aromatic nitrogens is 2. The highest BCUT2D eigenvalue weighted by Gasteiger charge is 2.38. The number of H-pyrrole nitrogens is 1. The number of β-amino-alcohol motifs (C(OH)–C–C–N with tert-alkyl or cyclic N) is 1. The molecule has 1 amide bonds. The fraction of sp³-hybridized carbons (Fsp3) is 0.750. The van der Waals surface area contributed by atoms with Gasteiger partial charge in [-0.1, -0.05) is 0 Å². The predicted octanol–water partition coefficient (Wildman–Crippen LogP) is 0.465. The lowest BCUT2D eigenvalue weighted by molar-refractivity contribution is -0.135. The first-order valence-corrected chi connectivity index (χ1v) is 8.28. The molecule has 2 N–H and O–H groups in total. The first-order chi connectivity index (χ1) is 11.0. The highest BCUT2D eigenvalue weighted by atomic mass is 16.5. The number of ether oxygens (including phenoxy) is 1. The van der Waals surface area contributed by atoms with Gasteiger partial charge in [0, 0.05) is 45.0 Å². The Hall–Kier alpha value is -1.44. The summed E-state index contributed by atoms with van der Waals surface area (Å²) in [6, 6.07) is 0.0484. The van der Waals surface area contributed by atoms with E-state index in [2.05, 4.69) is 14.9 Å². The van der Waals surface area contributed by atoms with E-state index in [1.54, 1.807) is 11.8 Å². The van der Waals surface area contributed by atoms with Crippen LogP contribution in [0.15, 0.2) is 6.20 Å². The third kappa shape index (κ3) is 3.73. The van der Waals surface area contributed by atoms with Crippen LogP contribution in [0.5, 0.6) is 0 Å². The van der Waals surface area contributed by atoms with E-state index in [-0.39, 0.29) is 11.9 Å². The minimum Gasteiger partial charge on any atom is -0.388 e. The number of morpholine rings is 1. The van der Waals surface area contributed by atoms with Crippen LogP contribution >= 0.6 is 0 Å². The Kier molecular flexibility index (Phi) is 4.70. The molecule has 0 aromatic carbocycles. The second-order valence-electron chi connectivity index (χ2n) is 6.74. The Bertz CT molecular complexity index is 551. The molecule has 23 heavy (non-hydrogen) atoms. The number of piperidine rings is 1. The van der Waals surface area contributed by atoms with Gasteiger partial charge in [0.25, 0.3) is 0 Å². The summed E-state index contributed by atoms with van der Waals surface area (Å²) in [4.78, 5) is 23.2. The summed E-state index contributed by atoms with van der Waals surface area (Å²) >= 11 is 0. The van der Waals surface area contributed by atoms with Gasteiger partial charge in [-0.25, -0.2) is 4.98 Å². The molecule has 1 atom stereocenters. The first kappa shape index (κ1) is 16.4. The van der Waals surface area contributed by atoms with E-state index in [1.165, 1.54) is 0 Å². The molecule has 3 rings (SSSR count). The maximum Gasteiger partial charge on any atom is 0.219 e. The van der Waals surface area contributed by atoms with E-state index < -0.39 is 5.60 Å². The zero-order valence-corrected chi connectivity index (χ0v) is 13.9. The third-order valence-electron chi connectivity index (χ3n) is 4.91. The van der Waals surface area contributed by atoms with Gasteiger partial charge >= 0.3 is 0 Å². The minimum atomic E-state index is -0.747. The summed E-state index contributed by atoms with van der Waals surface area (Å²) in [5.74, 6) is 0.981. The predicted molar refractivity (Wildman–Crippen MR) is 84.9 cm³/mol. The maximum absolute atomic E-state index is 11.4. The Morgan fingerprint density at radius 2 is 2.22 bits per heavy atom. The molecule has 2 aliphatic rings. The smallest absolute Gasteiger partial charge is 0.219 e. The van der Waals surface area contributed by atoms with Crippen molar-refractivity contribution in [2.45, 2.75) is 38.3 Å². The van der Waals surface area contributed by atoms with Crippen molar-refractivity contribution in [2.24, 2.45) is 0 Å². The fourth-order valence-electron chi connectivity index (χ4n) is 3.46. The van der Waals surface area contributed by atoms with E-state index in [4.69, 9.17) is 4.74 Å². The minimum absolute atomic E-state index is 0.0484. The standard InChI is InChI=1S/C16H26N4O3/c1-12-9-17-15(18-12)14-10-23-8-7-20(14)11-16(22)3-5-19(6-4-16)13(2)21/h9,14,22H,3-8,10-11H2,1-2H3,(H,17,18)/t14-/m0/s1. The fourth-order valence-corrected chi connectivity index (χ4v) is 3.46. The molecule has 128 valence electrons. The quantitative estimate of drug-likeness (QED) is 0.845. The van der Waals surface area contributed by atoms with Crippen LogP contribution < -0.4 is 0 Å². The number of hydrogen-bond donors (Lipinski definition) is 2. The molecule has 2 saturated heterocycles. The Labute approximate surface area is 136 Å². The number of aryl methyl sites for hydroxylation is 1. The number of hydrogen-bond acceptors (Lipinski definition) is 5. The number of nitrogens with zero attached hydrogens (tertiary/aromatic N) is 3. The van der Waals surface area contributed by atoms with Crippen molar-refractivity contribution >= 4 is 5.91 Å². The molecule has 1 aromatic rings. The molecule has 7 heteroatoms. The van der Waals surface area contributed by atoms with E-state index in [1.807, 2.05) is 13.1 Å². The first-order valence-electron chi connectivity index (χ1n) is 8.28. The van der Waals surface area contributed by atoms with Gasteiger partial charge in [0.2, 0.25) is 5.91 Å². The van der Waals surface area contributed by atoms with Crippen LogP contribution in [-0.4, -0.2) is 75.8 Å². The van der Waals surface area contributed by atoms with Crippen LogP contribution in [0.1, 0.15) is 37.3 Å². The van der Waals surface area contributed by atoms with Crippen LogP contribution in [0.25, 0.3) is 0 Å². The number of rotatable bonds is 3. The van der Waals surface area contributed by atoms with Gasteiger partial charge in [-0.2, -0.15) is 0 Å². The van der Waals surface area contributed by atoms with Crippen LogP contribution in [0.2, 0.25) is 0 Å². The van der Waals surface area contributed by atoms with Gasteiger partial charge in [0.05, 0.1) is 24.9 Å². The van der Waals surface area contributed by atoms with Gasteiger partial charge in [0.15, 0.2) is 0 Å². The Balaban J connectivity index is 1.66. The lowest BCUT2D eigenvalue weighted by atomic mass is 9.90. The molecule has 0 spiro atoms. The van der Waals surface area contributed by atoms with Crippen molar-refractivity contribution in [1.82, 2.24) is 19.8 Å². The molecule has 0 bridgehead atoms. The lowest BCUT2D eigenvalue weighted by Gasteiger charge is -2.43. The number of imidazole rings is 1. The molecule has 2 fully saturated rings. The number of aromatic amines is 1. The molecule has 1 aromatic heterocycles. The second kappa shape index (κ2) is 6.59. The normalized spacial score (nSPS) is 25.5. The summed E-state index contributed by atoms with van der Waals surface area (Å²) < 4.78 is 5.61. The van der Waals surface area contributed by atoms with Crippen LogP contribution in [0, 0.1) is 6.92 Å². The van der Waals surface area contributed by atoms with E-state index in [9.17, 15) is 9.90 Å². The molecule has 0 radical (unpaired) electrons. The number of carbonyl (C=O) groups excluding carboxylic acids is 1. The molecule has 7 nitrogen and oxygen atoms in total. The zero-order chi connectivity index (χ0) is 16.4. The second-order valence-corrected chi connectivity index (χ2v) is 6.74. The average molecular weight is 322 g/mol. The zero-order valence-electron chi connectivity index (χ0n) is 13.9. The number of amides is 1. The van der Waals surface area contributed by atoms with Gasteiger partial charge in [0.1, 0.15) is 5.82 Å². The van der Waals surface area contributed by atoms with Crippen molar-refractivity contribution in [1.29, 1.82) is 0 Å². The number of likely N-dealkylation sites (tertiary alicyclic amines) is 1. The Morgan fingerprint density at radius 1 is 1.48 bits per heavy atom. The van der Waals surface area contributed by atoms with E-state index in [0.29, 0.717) is 45.7 Å². The number of carbonyl (C=O) groups is 1. The van der Waals surface area contributed by atoms with Gasteiger partial charge in [-0.3, -0.25) is 9.69 Å². The van der Waals surface area contributed by atoms with E-state index in [0.717, 1.165) is 18.1 Å². The molecule has 0 unspecified atom stereocenters. The molecule has 0 aliphatic carbocycles. The van der Waals surface area contributed by atoms with Crippen molar-refractivity contribution in [3.63, 3.8) is 0 Å². The average Bonchev–Trinajstić information content (AvgIpc) is 2.94. The molecular formula is C16H26N4O3. The van der Waals surface area contributed by atoms with Crippen LogP contribution in [0.4, 0.5) is 0 Å². The summed E-state index contributed by atoms with van der Waals surface area (Å²) in [5.41, 5.74) is 0.280. The van der Waals surface area contributed by atoms with Crippen molar-refractivity contribution < 1.29 is 14.6 Å². The summed E-state index contributed by atoms with van der Waals surface area (Å²) in [6.07, 6.45) is 3.06. The summed E-state index contributed by atoms with van der Waals surface area (Å²) in [5, 5.41) is 10.9.